The lowest BCUT2D eigenvalue weighted by molar-refractivity contribution is -0.142. The summed E-state index contributed by atoms with van der Waals surface area (Å²) >= 11 is 0. The molecule has 10 nitrogen and oxygen atoms in total. The van der Waals surface area contributed by atoms with E-state index in [9.17, 15) is 32.2 Å². The van der Waals surface area contributed by atoms with Gasteiger partial charge in [0.2, 0.25) is 0 Å². The second-order valence-corrected chi connectivity index (χ2v) is 10.5. The first-order valence-corrected chi connectivity index (χ1v) is 12.4. The Kier molecular flexibility index (Phi) is 7.37. The molecule has 1 aliphatic rings. The molecule has 3 N–H and O–H groups in total. The average Bonchev–Trinajstić information content (AvgIpc) is 3.00. The van der Waals surface area contributed by atoms with Crippen molar-refractivity contribution in [3.05, 3.63) is 59.7 Å². The number of aliphatic hydroxyl groups is 3. The molecule has 1 saturated heterocycles. The molecule has 0 spiro atoms. The van der Waals surface area contributed by atoms with Gasteiger partial charge < -0.3 is 20.1 Å². The molecule has 2 aromatic carbocycles. The maximum atomic E-state index is 12.5. The maximum absolute atomic E-state index is 12.5. The molecule has 5 atom stereocenters. The van der Waals surface area contributed by atoms with Crippen LogP contribution in [0.3, 0.4) is 0 Å². The van der Waals surface area contributed by atoms with Crippen LogP contribution in [0.4, 0.5) is 0 Å². The molecule has 1 fully saturated rings. The summed E-state index contributed by atoms with van der Waals surface area (Å²) in [5.41, 5.74) is 1.63. The van der Waals surface area contributed by atoms with Crippen LogP contribution in [0.15, 0.2) is 58.3 Å². The summed E-state index contributed by atoms with van der Waals surface area (Å²) in [6, 6.07) is 11.4. The number of hydrogen-bond acceptors (Lipinski definition) is 10. The van der Waals surface area contributed by atoms with E-state index in [-0.39, 0.29) is 9.79 Å². The number of hydrogen-bond donors (Lipinski definition) is 3. The van der Waals surface area contributed by atoms with Gasteiger partial charge in [-0.25, -0.2) is 0 Å². The second kappa shape index (κ2) is 9.53. The largest absolute Gasteiger partial charge is 0.394 e. The van der Waals surface area contributed by atoms with E-state index in [1.807, 2.05) is 0 Å². The molecular formula is C20H24O10S2. The van der Waals surface area contributed by atoms with Crippen molar-refractivity contribution in [2.24, 2.45) is 0 Å². The van der Waals surface area contributed by atoms with E-state index in [0.29, 0.717) is 0 Å². The lowest BCUT2D eigenvalue weighted by Gasteiger charge is -2.24. The van der Waals surface area contributed by atoms with Crippen molar-refractivity contribution in [2.75, 3.05) is 6.61 Å². The van der Waals surface area contributed by atoms with Gasteiger partial charge in [-0.1, -0.05) is 35.4 Å². The highest BCUT2D eigenvalue weighted by Gasteiger charge is 2.50. The summed E-state index contributed by atoms with van der Waals surface area (Å²) in [5, 5.41) is 30.3. The van der Waals surface area contributed by atoms with Crippen LogP contribution in [-0.2, 0) is 33.3 Å². The van der Waals surface area contributed by atoms with Crippen LogP contribution in [0.25, 0.3) is 0 Å². The summed E-state index contributed by atoms with van der Waals surface area (Å²) in [4.78, 5) is -0.396. The van der Waals surface area contributed by atoms with Crippen molar-refractivity contribution in [3.8, 4) is 0 Å². The molecule has 0 aliphatic carbocycles. The van der Waals surface area contributed by atoms with Crippen LogP contribution in [0.2, 0.25) is 0 Å². The Hall–Kier alpha value is -1.90. The van der Waals surface area contributed by atoms with Crippen LogP contribution in [0.5, 0.6) is 0 Å². The molecule has 0 aromatic heterocycles. The lowest BCUT2D eigenvalue weighted by Crippen LogP contribution is -2.44. The van der Waals surface area contributed by atoms with Crippen molar-refractivity contribution in [3.63, 3.8) is 0 Å². The van der Waals surface area contributed by atoms with Gasteiger partial charge in [-0.15, -0.1) is 0 Å². The van der Waals surface area contributed by atoms with Crippen LogP contribution in [0, 0.1) is 13.8 Å². The Morgan fingerprint density at radius 2 is 1.34 bits per heavy atom. The Bertz CT molecular complexity index is 1130. The van der Waals surface area contributed by atoms with Crippen molar-refractivity contribution >= 4 is 20.2 Å². The number of aryl methyl sites for hydroxylation is 2. The summed E-state index contributed by atoms with van der Waals surface area (Å²) in [6.45, 7) is 2.62. The standard InChI is InChI=1S/C20H24O10S2/c1-12-3-7-14(8-4-12)31(24,25)29-16(11-21)18-17(22)19(20(23)28-18)30-32(26,27)15-9-5-13(2)6-10-15/h3-10,16-23H,11H2,1-2H3/t16-,17+,18-,19-,20+/m1/s1. The molecular weight excluding hydrogens is 464 g/mol. The van der Waals surface area contributed by atoms with Gasteiger partial charge in [0.15, 0.2) is 12.4 Å². The molecule has 2 aromatic rings. The van der Waals surface area contributed by atoms with Gasteiger partial charge in [0.1, 0.15) is 18.3 Å². The molecule has 0 bridgehead atoms. The van der Waals surface area contributed by atoms with Crippen molar-refractivity contribution in [1.29, 1.82) is 0 Å². The molecule has 1 heterocycles. The number of rotatable bonds is 8. The van der Waals surface area contributed by atoms with Crippen molar-refractivity contribution < 1.29 is 45.3 Å². The monoisotopic (exact) mass is 488 g/mol. The molecule has 176 valence electrons. The first-order chi connectivity index (χ1) is 14.9. The molecule has 0 saturated carbocycles. The molecule has 12 heteroatoms. The van der Waals surface area contributed by atoms with E-state index < -0.39 is 57.5 Å². The fraction of sp³-hybridized carbons (Fsp3) is 0.400. The Balaban J connectivity index is 1.77. The Labute approximate surface area is 186 Å². The van der Waals surface area contributed by atoms with Gasteiger partial charge >= 0.3 is 0 Å². The number of aliphatic hydroxyl groups excluding tert-OH is 3. The van der Waals surface area contributed by atoms with Gasteiger partial charge in [-0.2, -0.15) is 16.8 Å². The zero-order valence-electron chi connectivity index (χ0n) is 17.2. The minimum absolute atomic E-state index is 0.190. The van der Waals surface area contributed by atoms with Crippen molar-refractivity contribution in [1.82, 2.24) is 0 Å². The van der Waals surface area contributed by atoms with E-state index in [2.05, 4.69) is 0 Å². The smallest absolute Gasteiger partial charge is 0.297 e. The van der Waals surface area contributed by atoms with Crippen LogP contribution in [0.1, 0.15) is 11.1 Å². The minimum Gasteiger partial charge on any atom is -0.394 e. The van der Waals surface area contributed by atoms with Crippen LogP contribution >= 0.6 is 0 Å². The van der Waals surface area contributed by atoms with E-state index in [0.717, 1.165) is 11.1 Å². The zero-order valence-corrected chi connectivity index (χ0v) is 18.9. The van der Waals surface area contributed by atoms with E-state index in [1.54, 1.807) is 38.1 Å². The molecule has 3 rings (SSSR count). The highest BCUT2D eigenvalue weighted by molar-refractivity contribution is 7.87. The van der Waals surface area contributed by atoms with Gasteiger partial charge in [-0.3, -0.25) is 8.37 Å². The maximum Gasteiger partial charge on any atom is 0.297 e. The Morgan fingerprint density at radius 3 is 1.81 bits per heavy atom. The summed E-state index contributed by atoms with van der Waals surface area (Å²) in [7, 11) is -8.74. The summed E-state index contributed by atoms with van der Waals surface area (Å²) in [5.74, 6) is 0. The van der Waals surface area contributed by atoms with Crippen molar-refractivity contribution in [2.45, 2.75) is 54.3 Å². The molecule has 0 unspecified atom stereocenters. The summed E-state index contributed by atoms with van der Waals surface area (Å²) < 4.78 is 65.1. The fourth-order valence-electron chi connectivity index (χ4n) is 3.11. The highest BCUT2D eigenvalue weighted by atomic mass is 32.2. The average molecular weight is 489 g/mol. The van der Waals surface area contributed by atoms with E-state index in [1.165, 1.54) is 24.3 Å². The van der Waals surface area contributed by atoms with Gasteiger partial charge in [-0.05, 0) is 38.1 Å². The first kappa shape index (κ1) is 24.7. The lowest BCUT2D eigenvalue weighted by atomic mass is 10.1. The SMILES string of the molecule is Cc1ccc(S(=O)(=O)O[C@@H]2[C@@H](O)[C@@H]([C@@H](CO)OS(=O)(=O)c3ccc(C)cc3)O[C@@H]2O)cc1. The first-order valence-electron chi connectivity index (χ1n) is 9.57. The molecule has 0 radical (unpaired) electrons. The normalized spacial score (nSPS) is 25.0. The van der Waals surface area contributed by atoms with Crippen LogP contribution < -0.4 is 0 Å². The predicted octanol–water partition coefficient (Wildman–Crippen LogP) is 0.222. The zero-order chi connectivity index (χ0) is 23.7. The third kappa shape index (κ3) is 5.35. The third-order valence-corrected chi connectivity index (χ3v) is 7.58. The Morgan fingerprint density at radius 1 is 0.875 bits per heavy atom. The molecule has 0 amide bonds. The van der Waals surface area contributed by atoms with Gasteiger partial charge in [0, 0.05) is 0 Å². The van der Waals surface area contributed by atoms with Gasteiger partial charge in [0.05, 0.1) is 16.4 Å². The predicted molar refractivity (Wildman–Crippen MR) is 110 cm³/mol. The number of ether oxygens (including phenoxy) is 1. The molecule has 1 aliphatic heterocycles. The minimum atomic E-state index is -4.39. The van der Waals surface area contributed by atoms with Crippen LogP contribution in [-0.4, -0.2) is 69.5 Å². The third-order valence-electron chi connectivity index (χ3n) is 4.90. The topological polar surface area (TPSA) is 157 Å². The number of benzene rings is 2. The second-order valence-electron chi connectivity index (χ2n) is 7.39. The van der Waals surface area contributed by atoms with E-state index >= 15 is 0 Å². The van der Waals surface area contributed by atoms with E-state index in [4.69, 9.17) is 13.1 Å². The fourth-order valence-corrected chi connectivity index (χ4v) is 5.26. The molecule has 32 heavy (non-hydrogen) atoms. The quantitative estimate of drug-likeness (QED) is 0.439. The summed E-state index contributed by atoms with van der Waals surface area (Å²) in [6.07, 6.45) is -8.74. The highest BCUT2D eigenvalue weighted by Crippen LogP contribution is 2.30. The van der Waals surface area contributed by atoms with Gasteiger partial charge in [0.25, 0.3) is 20.2 Å².